The normalized spacial score (nSPS) is 13.2. The third-order valence-corrected chi connectivity index (χ3v) is 11.3. The standard InChI is InChI=1S/C25H25FO5S3/c1-18(2)32-24(27)17-23(19-10-9-11-20(26)16-19)25(33(28,29)21-12-5-3-6-13-21)34(30,31)22-14-7-4-8-15-22/h3-16,18,23,25H,17H2,1-2H3/t23-/m0/s1. The van der Waals surface area contributed by atoms with E-state index in [4.69, 9.17) is 0 Å². The molecular formula is C25H25FO5S3. The molecule has 0 fully saturated rings. The Bertz CT molecular complexity index is 1270. The summed E-state index contributed by atoms with van der Waals surface area (Å²) in [6, 6.07) is 19.6. The van der Waals surface area contributed by atoms with Crippen LogP contribution in [-0.2, 0) is 24.5 Å². The van der Waals surface area contributed by atoms with Crippen LogP contribution < -0.4 is 0 Å². The summed E-state index contributed by atoms with van der Waals surface area (Å²) in [5.41, 5.74) is 0.127. The Kier molecular flexibility index (Phi) is 8.33. The van der Waals surface area contributed by atoms with Gasteiger partial charge in [-0.15, -0.1) is 0 Å². The van der Waals surface area contributed by atoms with Crippen LogP contribution in [0.25, 0.3) is 0 Å². The molecule has 0 amide bonds. The van der Waals surface area contributed by atoms with Crippen LogP contribution >= 0.6 is 11.8 Å². The van der Waals surface area contributed by atoms with Crippen molar-refractivity contribution < 1.29 is 26.0 Å². The average molecular weight is 521 g/mol. The lowest BCUT2D eigenvalue weighted by Crippen LogP contribution is -2.37. The molecule has 0 aromatic heterocycles. The fourth-order valence-electron chi connectivity index (χ4n) is 3.69. The monoisotopic (exact) mass is 520 g/mol. The van der Waals surface area contributed by atoms with E-state index in [1.54, 1.807) is 26.0 Å². The number of hydrogen-bond acceptors (Lipinski definition) is 6. The first-order valence-electron chi connectivity index (χ1n) is 10.6. The predicted molar refractivity (Wildman–Crippen MR) is 133 cm³/mol. The van der Waals surface area contributed by atoms with Crippen LogP contribution in [0.15, 0.2) is 94.7 Å². The van der Waals surface area contributed by atoms with Crippen molar-refractivity contribution in [3.63, 3.8) is 0 Å². The average Bonchev–Trinajstić information content (AvgIpc) is 2.79. The minimum Gasteiger partial charge on any atom is -0.287 e. The molecule has 3 aromatic carbocycles. The van der Waals surface area contributed by atoms with E-state index in [2.05, 4.69) is 0 Å². The van der Waals surface area contributed by atoms with Crippen molar-refractivity contribution >= 4 is 36.6 Å². The van der Waals surface area contributed by atoms with Gasteiger partial charge in [-0.2, -0.15) is 0 Å². The second kappa shape index (κ2) is 10.8. The van der Waals surface area contributed by atoms with Gasteiger partial charge in [0, 0.05) is 17.6 Å². The highest BCUT2D eigenvalue weighted by atomic mass is 32.3. The zero-order valence-corrected chi connectivity index (χ0v) is 21.1. The van der Waals surface area contributed by atoms with Crippen LogP contribution in [0.4, 0.5) is 4.39 Å². The van der Waals surface area contributed by atoms with Crippen molar-refractivity contribution in [2.24, 2.45) is 0 Å². The van der Waals surface area contributed by atoms with E-state index in [1.807, 2.05) is 0 Å². The predicted octanol–water partition coefficient (Wildman–Crippen LogP) is 5.24. The Labute approximate surface area is 204 Å². The van der Waals surface area contributed by atoms with Crippen LogP contribution in [-0.4, -0.2) is 31.8 Å². The van der Waals surface area contributed by atoms with E-state index >= 15 is 0 Å². The van der Waals surface area contributed by atoms with Crippen LogP contribution in [0.5, 0.6) is 0 Å². The Balaban J connectivity index is 2.28. The summed E-state index contributed by atoms with van der Waals surface area (Å²) < 4.78 is 67.6. The minimum atomic E-state index is -4.51. The van der Waals surface area contributed by atoms with Gasteiger partial charge in [0.1, 0.15) is 5.82 Å². The molecule has 0 aliphatic heterocycles. The van der Waals surface area contributed by atoms with Crippen LogP contribution in [0.2, 0.25) is 0 Å². The van der Waals surface area contributed by atoms with Crippen molar-refractivity contribution in [3.8, 4) is 0 Å². The molecule has 0 saturated heterocycles. The summed E-state index contributed by atoms with van der Waals surface area (Å²) in [6.45, 7) is 3.61. The number of carbonyl (C=O) groups excluding carboxylic acids is 1. The Hall–Kier alpha value is -2.49. The van der Waals surface area contributed by atoms with Gasteiger partial charge >= 0.3 is 0 Å². The van der Waals surface area contributed by atoms with Gasteiger partial charge in [0.2, 0.25) is 0 Å². The summed E-state index contributed by atoms with van der Waals surface area (Å²) in [7, 11) is -9.03. The fraction of sp³-hybridized carbons (Fsp3) is 0.240. The highest BCUT2D eigenvalue weighted by molar-refractivity contribution is 8.14. The first-order valence-corrected chi connectivity index (χ1v) is 14.5. The van der Waals surface area contributed by atoms with Gasteiger partial charge in [-0.1, -0.05) is 74.1 Å². The molecule has 0 spiro atoms. The quantitative estimate of drug-likeness (QED) is 0.384. The van der Waals surface area contributed by atoms with Crippen molar-refractivity contribution in [2.45, 2.75) is 45.8 Å². The molecule has 0 bridgehead atoms. The summed E-state index contributed by atoms with van der Waals surface area (Å²) in [5.74, 6) is -1.98. The topological polar surface area (TPSA) is 85.3 Å². The molecule has 0 saturated carbocycles. The number of carbonyl (C=O) groups is 1. The van der Waals surface area contributed by atoms with Gasteiger partial charge in [-0.25, -0.2) is 21.2 Å². The molecule has 0 unspecified atom stereocenters. The molecule has 180 valence electrons. The maximum Gasteiger partial charge on any atom is 0.196 e. The first kappa shape index (κ1) is 26.1. The minimum absolute atomic E-state index is 0.0874. The molecule has 0 aliphatic rings. The molecule has 34 heavy (non-hydrogen) atoms. The Morgan fingerprint density at radius 1 is 0.794 bits per heavy atom. The zero-order valence-electron chi connectivity index (χ0n) is 18.7. The van der Waals surface area contributed by atoms with Crippen molar-refractivity contribution in [3.05, 3.63) is 96.3 Å². The Morgan fingerprint density at radius 3 is 1.74 bits per heavy atom. The third-order valence-electron chi connectivity index (χ3n) is 5.11. The van der Waals surface area contributed by atoms with Crippen molar-refractivity contribution in [1.29, 1.82) is 0 Å². The third kappa shape index (κ3) is 5.95. The van der Waals surface area contributed by atoms with Gasteiger partial charge in [-0.05, 0) is 42.0 Å². The highest BCUT2D eigenvalue weighted by Crippen LogP contribution is 2.39. The SMILES string of the molecule is CC(C)SC(=O)C[C@@H](c1cccc(F)c1)C(S(=O)(=O)c1ccccc1)S(=O)(=O)c1ccccc1. The van der Waals surface area contributed by atoms with Gasteiger partial charge in [-0.3, -0.25) is 4.79 Å². The van der Waals surface area contributed by atoms with E-state index in [0.717, 1.165) is 17.8 Å². The van der Waals surface area contributed by atoms with E-state index in [-0.39, 0.29) is 25.7 Å². The maximum atomic E-state index is 14.2. The number of halogens is 1. The highest BCUT2D eigenvalue weighted by Gasteiger charge is 2.46. The molecule has 0 radical (unpaired) electrons. The van der Waals surface area contributed by atoms with Crippen LogP contribution in [0, 0.1) is 5.82 Å². The second-order valence-corrected chi connectivity index (χ2v) is 14.1. The lowest BCUT2D eigenvalue weighted by Gasteiger charge is -2.27. The summed E-state index contributed by atoms with van der Waals surface area (Å²) in [5, 5.41) is -0.462. The molecule has 0 aliphatic carbocycles. The van der Waals surface area contributed by atoms with Crippen molar-refractivity contribution in [2.75, 3.05) is 0 Å². The molecule has 3 aromatic rings. The molecular weight excluding hydrogens is 495 g/mol. The lowest BCUT2D eigenvalue weighted by molar-refractivity contribution is -0.111. The van der Waals surface area contributed by atoms with E-state index < -0.39 is 42.4 Å². The maximum absolute atomic E-state index is 14.2. The van der Waals surface area contributed by atoms with Crippen LogP contribution in [0.3, 0.4) is 0 Å². The number of hydrogen-bond donors (Lipinski definition) is 0. The Morgan fingerprint density at radius 2 is 1.29 bits per heavy atom. The van der Waals surface area contributed by atoms with Gasteiger partial charge in [0.15, 0.2) is 29.4 Å². The van der Waals surface area contributed by atoms with Gasteiger partial charge in [0.05, 0.1) is 9.79 Å². The molecule has 1 atom stereocenters. The first-order chi connectivity index (χ1) is 16.0. The van der Waals surface area contributed by atoms with Crippen LogP contribution in [0.1, 0.15) is 31.7 Å². The number of thioether (sulfide) groups is 1. The second-order valence-electron chi connectivity index (χ2n) is 7.99. The number of rotatable bonds is 9. The van der Waals surface area contributed by atoms with Crippen molar-refractivity contribution in [1.82, 2.24) is 0 Å². The number of benzene rings is 3. The molecule has 0 N–H and O–H groups in total. The fourth-order valence-corrected chi connectivity index (χ4v) is 9.47. The van der Waals surface area contributed by atoms with E-state index in [0.29, 0.717) is 0 Å². The smallest absolute Gasteiger partial charge is 0.196 e. The lowest BCUT2D eigenvalue weighted by atomic mass is 9.98. The summed E-state index contributed by atoms with van der Waals surface area (Å²) in [6.07, 6.45) is -0.394. The summed E-state index contributed by atoms with van der Waals surface area (Å²) in [4.78, 5) is 12.5. The number of sulfone groups is 2. The zero-order chi connectivity index (χ0) is 24.9. The van der Waals surface area contributed by atoms with E-state index in [1.165, 1.54) is 66.7 Å². The summed E-state index contributed by atoms with van der Waals surface area (Å²) >= 11 is 0.990. The molecule has 3 rings (SSSR count). The van der Waals surface area contributed by atoms with E-state index in [9.17, 15) is 26.0 Å². The largest absolute Gasteiger partial charge is 0.287 e. The van der Waals surface area contributed by atoms with Gasteiger partial charge < -0.3 is 0 Å². The van der Waals surface area contributed by atoms with Gasteiger partial charge in [0.25, 0.3) is 0 Å². The molecule has 5 nitrogen and oxygen atoms in total. The molecule has 0 heterocycles. The molecule has 9 heteroatoms.